The quantitative estimate of drug-likeness (QED) is 0.387. The maximum absolute atomic E-state index is 14.3. The number of pyridine rings is 1. The molecule has 1 saturated heterocycles. The highest BCUT2D eigenvalue weighted by atomic mass is 35.5. The summed E-state index contributed by atoms with van der Waals surface area (Å²) in [5, 5.41) is 21.8. The van der Waals surface area contributed by atoms with Crippen molar-refractivity contribution in [3.63, 3.8) is 0 Å². The second-order valence-corrected chi connectivity index (χ2v) is 8.95. The van der Waals surface area contributed by atoms with Crippen molar-refractivity contribution in [2.45, 2.75) is 24.4 Å². The van der Waals surface area contributed by atoms with Gasteiger partial charge in [0.25, 0.3) is 5.91 Å². The zero-order chi connectivity index (χ0) is 25.2. The molecule has 1 aromatic carbocycles. The number of benzene rings is 1. The van der Waals surface area contributed by atoms with Crippen molar-refractivity contribution in [3.05, 3.63) is 70.1 Å². The average Bonchev–Trinajstić information content (AvgIpc) is 3.47. The van der Waals surface area contributed by atoms with E-state index < -0.39 is 53.5 Å². The first-order valence-electron chi connectivity index (χ1n) is 9.82. The fourth-order valence-corrected chi connectivity index (χ4v) is 4.94. The minimum atomic E-state index is -4.80. The van der Waals surface area contributed by atoms with Crippen LogP contribution in [0.5, 0.6) is 0 Å². The molecule has 5 rings (SSSR count). The molecule has 182 valence electrons. The predicted octanol–water partition coefficient (Wildman–Crippen LogP) is 4.24. The van der Waals surface area contributed by atoms with Gasteiger partial charge in [-0.2, -0.15) is 17.6 Å². The molecule has 0 saturated carbocycles. The lowest BCUT2D eigenvalue weighted by atomic mass is 10.1. The number of thiophene rings is 1. The van der Waals surface area contributed by atoms with Crippen LogP contribution in [0.4, 0.5) is 27.8 Å². The number of fused-ring (bicyclic) bond motifs is 1. The zero-order valence-electron chi connectivity index (χ0n) is 17.0. The number of imidazole rings is 1. The molecule has 0 unspecified atom stereocenters. The van der Waals surface area contributed by atoms with E-state index in [4.69, 9.17) is 11.6 Å². The monoisotopic (exact) mass is 530 g/mol. The molecule has 3 aromatic heterocycles. The molecule has 1 fully saturated rings. The van der Waals surface area contributed by atoms with E-state index in [1.54, 1.807) is 0 Å². The van der Waals surface area contributed by atoms with Crippen LogP contribution < -0.4 is 4.90 Å². The number of alkyl halides is 3. The largest absolute Gasteiger partial charge is 0.417 e. The van der Waals surface area contributed by atoms with Gasteiger partial charge in [-0.15, -0.1) is 11.3 Å². The summed E-state index contributed by atoms with van der Waals surface area (Å²) in [5.41, 5.74) is -0.998. The molecule has 4 heterocycles. The van der Waals surface area contributed by atoms with E-state index in [-0.39, 0.29) is 26.8 Å². The molecule has 4 aromatic rings. The molecule has 14 heteroatoms. The van der Waals surface area contributed by atoms with E-state index in [1.165, 1.54) is 17.5 Å². The third-order valence-corrected chi connectivity index (χ3v) is 6.64. The Morgan fingerprint density at radius 2 is 1.83 bits per heavy atom. The zero-order valence-corrected chi connectivity index (χ0v) is 18.6. The summed E-state index contributed by atoms with van der Waals surface area (Å²) in [4.78, 5) is 21.3. The van der Waals surface area contributed by atoms with Crippen LogP contribution in [0.25, 0.3) is 15.9 Å². The van der Waals surface area contributed by atoms with Crippen molar-refractivity contribution in [1.82, 2.24) is 14.5 Å². The summed E-state index contributed by atoms with van der Waals surface area (Å²) >= 11 is 6.71. The number of hydrogen-bond acceptors (Lipinski definition) is 6. The number of hydrogen-bond donors (Lipinski definition) is 2. The van der Waals surface area contributed by atoms with Crippen LogP contribution in [0.3, 0.4) is 0 Å². The number of halogens is 6. The van der Waals surface area contributed by atoms with Crippen molar-refractivity contribution in [1.29, 1.82) is 0 Å². The van der Waals surface area contributed by atoms with Crippen molar-refractivity contribution in [3.8, 4) is 5.69 Å². The molecule has 0 aliphatic carbocycles. The van der Waals surface area contributed by atoms with E-state index in [1.807, 2.05) is 0 Å². The lowest BCUT2D eigenvalue weighted by Crippen LogP contribution is -2.33. The summed E-state index contributed by atoms with van der Waals surface area (Å²) in [7, 11) is 0. The Bertz CT molecular complexity index is 1470. The van der Waals surface area contributed by atoms with Crippen LogP contribution in [0.15, 0.2) is 41.9 Å². The van der Waals surface area contributed by atoms with E-state index >= 15 is 0 Å². The molecule has 1 aliphatic rings. The molecule has 0 bridgehead atoms. The van der Waals surface area contributed by atoms with E-state index in [9.17, 15) is 37.0 Å². The van der Waals surface area contributed by atoms with Gasteiger partial charge in [0, 0.05) is 11.1 Å². The Morgan fingerprint density at radius 1 is 1.09 bits per heavy atom. The first-order chi connectivity index (χ1) is 16.5. The van der Waals surface area contributed by atoms with Crippen LogP contribution in [-0.4, -0.2) is 42.9 Å². The van der Waals surface area contributed by atoms with Gasteiger partial charge in [-0.3, -0.25) is 14.3 Å². The maximum Gasteiger partial charge on any atom is 0.417 e. The van der Waals surface area contributed by atoms with E-state index in [2.05, 4.69) is 9.97 Å². The third-order valence-electron chi connectivity index (χ3n) is 5.54. The fourth-order valence-electron chi connectivity index (χ4n) is 3.98. The van der Waals surface area contributed by atoms with Gasteiger partial charge in [-0.1, -0.05) is 11.6 Å². The van der Waals surface area contributed by atoms with Crippen molar-refractivity contribution < 1.29 is 37.0 Å². The van der Waals surface area contributed by atoms with Gasteiger partial charge in [0.05, 0.1) is 16.8 Å². The molecule has 0 radical (unpaired) electrons. The molecule has 2 N–H and O–H groups in total. The van der Waals surface area contributed by atoms with Gasteiger partial charge in [-0.25, -0.2) is 14.4 Å². The summed E-state index contributed by atoms with van der Waals surface area (Å²) in [6.07, 6.45) is -7.91. The van der Waals surface area contributed by atoms with Gasteiger partial charge >= 0.3 is 6.18 Å². The maximum atomic E-state index is 14.3. The standard InChI is InChI=1S/C21H12ClF5N4O3S/c22-11-5-8(1-2-12(11)23)30-7-13(24)28-18(30)15-16(32)17(33)20(34)31(15)14-6-10(21(25,26)27)9-3-4-35-19(9)29-14/h1-7,15-17,32-33H/t15-,16-,17-/m0/s1. The van der Waals surface area contributed by atoms with Crippen LogP contribution in [-0.2, 0) is 11.0 Å². The number of carbonyl (C=O) groups excluding carboxylic acids is 1. The molecular weight excluding hydrogens is 519 g/mol. The van der Waals surface area contributed by atoms with Gasteiger partial charge < -0.3 is 10.2 Å². The smallest absolute Gasteiger partial charge is 0.387 e. The second kappa shape index (κ2) is 8.22. The Morgan fingerprint density at radius 3 is 2.51 bits per heavy atom. The van der Waals surface area contributed by atoms with Gasteiger partial charge in [-0.05, 0) is 35.7 Å². The highest BCUT2D eigenvalue weighted by Gasteiger charge is 2.51. The Labute approximate surface area is 201 Å². The number of carbonyl (C=O) groups is 1. The van der Waals surface area contributed by atoms with Crippen molar-refractivity contribution in [2.75, 3.05) is 4.90 Å². The Hall–Kier alpha value is -3.13. The number of amides is 1. The summed E-state index contributed by atoms with van der Waals surface area (Å²) in [6.45, 7) is 0. The summed E-state index contributed by atoms with van der Waals surface area (Å²) in [6, 6.07) is 3.54. The first-order valence-corrected chi connectivity index (χ1v) is 11.1. The van der Waals surface area contributed by atoms with E-state index in [0.717, 1.165) is 34.2 Å². The predicted molar refractivity (Wildman–Crippen MR) is 115 cm³/mol. The molecule has 3 atom stereocenters. The number of aromatic nitrogens is 3. The number of aliphatic hydroxyl groups is 2. The molecular formula is C21H12ClF5N4O3S. The summed E-state index contributed by atoms with van der Waals surface area (Å²) in [5.74, 6) is -3.88. The minimum absolute atomic E-state index is 0.0444. The fraction of sp³-hybridized carbons (Fsp3) is 0.190. The highest BCUT2D eigenvalue weighted by Crippen LogP contribution is 2.42. The number of aliphatic hydroxyl groups excluding tert-OH is 2. The Balaban J connectivity index is 1.71. The Kier molecular flexibility index (Phi) is 5.55. The number of rotatable bonds is 3. The lowest BCUT2D eigenvalue weighted by molar-refractivity contribution is -0.136. The average molecular weight is 531 g/mol. The van der Waals surface area contributed by atoms with Crippen LogP contribution in [0.2, 0.25) is 5.02 Å². The van der Waals surface area contributed by atoms with Crippen molar-refractivity contribution in [2.24, 2.45) is 0 Å². The van der Waals surface area contributed by atoms with Crippen LogP contribution in [0, 0.1) is 11.8 Å². The van der Waals surface area contributed by atoms with E-state index in [0.29, 0.717) is 11.0 Å². The van der Waals surface area contributed by atoms with Crippen LogP contribution >= 0.6 is 22.9 Å². The lowest BCUT2D eigenvalue weighted by Gasteiger charge is -2.26. The molecule has 1 amide bonds. The first kappa shape index (κ1) is 23.6. The minimum Gasteiger partial charge on any atom is -0.387 e. The highest BCUT2D eigenvalue weighted by molar-refractivity contribution is 7.16. The van der Waals surface area contributed by atoms with Gasteiger partial charge in [0.1, 0.15) is 34.4 Å². The summed E-state index contributed by atoms with van der Waals surface area (Å²) < 4.78 is 70.3. The molecule has 1 aliphatic heterocycles. The topological polar surface area (TPSA) is 91.5 Å². The molecule has 7 nitrogen and oxygen atoms in total. The third kappa shape index (κ3) is 3.84. The number of nitrogens with zero attached hydrogens (tertiary/aromatic N) is 4. The van der Waals surface area contributed by atoms with Crippen LogP contribution in [0.1, 0.15) is 17.4 Å². The van der Waals surface area contributed by atoms with Crippen molar-refractivity contribution >= 4 is 44.9 Å². The normalized spacial score (nSPS) is 20.9. The van der Waals surface area contributed by atoms with Gasteiger partial charge in [0.2, 0.25) is 5.95 Å². The van der Waals surface area contributed by atoms with Gasteiger partial charge in [0.15, 0.2) is 6.10 Å². The molecule has 35 heavy (non-hydrogen) atoms. The second-order valence-electron chi connectivity index (χ2n) is 7.64. The molecule has 0 spiro atoms. The number of anilines is 1. The SMILES string of the molecule is O=C1[C@@H](O)[C@@H](O)[C@@H](c2nc(F)cn2-c2ccc(F)c(Cl)c2)N1c1cc(C(F)(F)F)c2ccsc2n1.